The second-order valence-corrected chi connectivity index (χ2v) is 9.08. The van der Waals surface area contributed by atoms with Crippen molar-refractivity contribution in [3.63, 3.8) is 0 Å². The third kappa shape index (κ3) is 4.98. The van der Waals surface area contributed by atoms with Crippen LogP contribution in [0.15, 0.2) is 85.2 Å². The summed E-state index contributed by atoms with van der Waals surface area (Å²) in [5, 5.41) is 6.57. The minimum atomic E-state index is -4.39. The van der Waals surface area contributed by atoms with Gasteiger partial charge in [-0.25, -0.2) is 9.97 Å². The van der Waals surface area contributed by atoms with E-state index in [0.717, 1.165) is 28.7 Å². The Labute approximate surface area is 221 Å². The fourth-order valence-electron chi connectivity index (χ4n) is 4.37. The second-order valence-electron chi connectivity index (χ2n) is 9.08. The predicted octanol–water partition coefficient (Wildman–Crippen LogP) is 6.14. The van der Waals surface area contributed by atoms with Crippen LogP contribution in [0.4, 0.5) is 30.9 Å². The Morgan fingerprint density at radius 3 is 2.31 bits per heavy atom. The lowest BCUT2D eigenvalue weighted by atomic mass is 10.1. The standard InChI is InChI=1S/C28H23F3N8/c1-38-22-10-6-5-9-21(22)34-27(38)37-26-35-24(32-15-18-7-3-2-4-8-18)23-25(36-26)39(17-33-23)16-19-11-13-20(14-12-19)28(29,30)31/h2-14,17H,15-16H2,1H3,(H2,32,34,35,36,37). The molecule has 0 saturated carbocycles. The van der Waals surface area contributed by atoms with Crippen LogP contribution in [0.2, 0.25) is 0 Å². The molecule has 3 heterocycles. The highest BCUT2D eigenvalue weighted by molar-refractivity contribution is 5.85. The van der Waals surface area contributed by atoms with Gasteiger partial charge in [0, 0.05) is 13.6 Å². The van der Waals surface area contributed by atoms with Gasteiger partial charge < -0.3 is 14.5 Å². The van der Waals surface area contributed by atoms with Gasteiger partial charge in [0.25, 0.3) is 0 Å². The van der Waals surface area contributed by atoms with Crippen molar-refractivity contribution in [2.75, 3.05) is 10.6 Å². The summed E-state index contributed by atoms with van der Waals surface area (Å²) in [7, 11) is 1.90. The largest absolute Gasteiger partial charge is 0.416 e. The van der Waals surface area contributed by atoms with Crippen LogP contribution in [-0.4, -0.2) is 29.1 Å². The number of hydrogen-bond donors (Lipinski definition) is 2. The van der Waals surface area contributed by atoms with Gasteiger partial charge in [0.05, 0.1) is 29.5 Å². The van der Waals surface area contributed by atoms with Gasteiger partial charge in [-0.05, 0) is 35.4 Å². The summed E-state index contributed by atoms with van der Waals surface area (Å²) in [6.45, 7) is 0.806. The van der Waals surface area contributed by atoms with Gasteiger partial charge in [-0.3, -0.25) is 5.32 Å². The molecular formula is C28H23F3N8. The molecule has 0 fully saturated rings. The number of nitrogens with one attached hydrogen (secondary N) is 2. The molecule has 0 spiro atoms. The quantitative estimate of drug-likeness (QED) is 0.259. The number of aromatic nitrogens is 6. The second kappa shape index (κ2) is 9.75. The molecule has 0 aliphatic rings. The van der Waals surface area contributed by atoms with E-state index in [-0.39, 0.29) is 6.54 Å². The van der Waals surface area contributed by atoms with Crippen molar-refractivity contribution in [2.24, 2.45) is 7.05 Å². The van der Waals surface area contributed by atoms with E-state index in [1.165, 1.54) is 12.1 Å². The first kappa shape index (κ1) is 24.4. The van der Waals surface area contributed by atoms with Gasteiger partial charge in [0.1, 0.15) is 0 Å². The van der Waals surface area contributed by atoms with Gasteiger partial charge in [0.2, 0.25) is 11.9 Å². The minimum Gasteiger partial charge on any atom is -0.364 e. The Balaban J connectivity index is 1.37. The number of imidazole rings is 2. The van der Waals surface area contributed by atoms with Crippen LogP contribution in [0.1, 0.15) is 16.7 Å². The summed E-state index contributed by atoms with van der Waals surface area (Å²) in [6, 6.07) is 22.7. The molecular weight excluding hydrogens is 505 g/mol. The molecule has 6 aromatic rings. The molecule has 8 nitrogen and oxygen atoms in total. The number of anilines is 3. The zero-order valence-corrected chi connectivity index (χ0v) is 20.8. The summed E-state index contributed by atoms with van der Waals surface area (Å²) in [5.41, 5.74) is 3.93. The van der Waals surface area contributed by atoms with E-state index in [0.29, 0.717) is 41.0 Å². The van der Waals surface area contributed by atoms with Crippen LogP contribution in [0.5, 0.6) is 0 Å². The van der Waals surface area contributed by atoms with E-state index >= 15 is 0 Å². The lowest BCUT2D eigenvalue weighted by Crippen LogP contribution is -2.09. The van der Waals surface area contributed by atoms with Crippen LogP contribution in [0, 0.1) is 0 Å². The van der Waals surface area contributed by atoms with Crippen LogP contribution in [0.3, 0.4) is 0 Å². The molecule has 0 unspecified atom stereocenters. The Hall–Kier alpha value is -4.93. The zero-order valence-electron chi connectivity index (χ0n) is 20.8. The average molecular weight is 529 g/mol. The van der Waals surface area contributed by atoms with Crippen LogP contribution < -0.4 is 10.6 Å². The fourth-order valence-corrected chi connectivity index (χ4v) is 4.37. The topological polar surface area (TPSA) is 85.5 Å². The predicted molar refractivity (Wildman–Crippen MR) is 144 cm³/mol. The van der Waals surface area contributed by atoms with Gasteiger partial charge in [0.15, 0.2) is 17.0 Å². The first-order valence-corrected chi connectivity index (χ1v) is 12.2. The molecule has 3 aromatic carbocycles. The van der Waals surface area contributed by atoms with Crippen molar-refractivity contribution in [1.29, 1.82) is 0 Å². The maximum absolute atomic E-state index is 13.0. The number of nitrogens with zero attached hydrogens (tertiary/aromatic N) is 6. The molecule has 0 amide bonds. The number of benzene rings is 3. The normalized spacial score (nSPS) is 11.8. The number of hydrogen-bond acceptors (Lipinski definition) is 6. The molecule has 6 rings (SSSR count). The highest BCUT2D eigenvalue weighted by atomic mass is 19.4. The van der Waals surface area contributed by atoms with E-state index in [1.807, 2.05) is 66.2 Å². The van der Waals surface area contributed by atoms with Crippen LogP contribution in [-0.2, 0) is 26.3 Å². The molecule has 0 bridgehead atoms. The van der Waals surface area contributed by atoms with Crippen molar-refractivity contribution in [3.05, 3.63) is 102 Å². The summed E-state index contributed by atoms with van der Waals surface area (Å²) < 4.78 is 42.7. The monoisotopic (exact) mass is 528 g/mol. The van der Waals surface area contributed by atoms with Crippen molar-refractivity contribution >= 4 is 39.9 Å². The third-order valence-electron chi connectivity index (χ3n) is 6.41. The minimum absolute atomic E-state index is 0.287. The highest BCUT2D eigenvalue weighted by Gasteiger charge is 2.30. The molecule has 0 atom stereocenters. The number of halogens is 3. The fraction of sp³-hybridized carbons (Fsp3) is 0.143. The number of rotatable bonds is 7. The van der Waals surface area contributed by atoms with Gasteiger partial charge in [-0.2, -0.15) is 23.1 Å². The Bertz CT molecular complexity index is 1760. The van der Waals surface area contributed by atoms with E-state index in [9.17, 15) is 13.2 Å². The molecule has 2 N–H and O–H groups in total. The first-order valence-electron chi connectivity index (χ1n) is 12.2. The van der Waals surface area contributed by atoms with E-state index in [4.69, 9.17) is 9.97 Å². The smallest absolute Gasteiger partial charge is 0.364 e. The van der Waals surface area contributed by atoms with Crippen molar-refractivity contribution in [1.82, 2.24) is 29.1 Å². The Kier molecular flexibility index (Phi) is 6.10. The SMILES string of the molecule is Cn1c(Nc2nc(NCc3ccccc3)c3ncn(Cc4ccc(C(F)(F)F)cc4)c3n2)nc2ccccc21. The van der Waals surface area contributed by atoms with Gasteiger partial charge >= 0.3 is 6.18 Å². The van der Waals surface area contributed by atoms with Crippen LogP contribution in [0.25, 0.3) is 22.2 Å². The molecule has 0 aliphatic heterocycles. The zero-order chi connectivity index (χ0) is 27.0. The van der Waals surface area contributed by atoms with Gasteiger partial charge in [-0.15, -0.1) is 0 Å². The first-order chi connectivity index (χ1) is 18.8. The Morgan fingerprint density at radius 1 is 0.821 bits per heavy atom. The lowest BCUT2D eigenvalue weighted by Gasteiger charge is -2.11. The summed E-state index contributed by atoms with van der Waals surface area (Å²) in [5.74, 6) is 1.40. The Morgan fingerprint density at radius 2 is 1.56 bits per heavy atom. The van der Waals surface area contributed by atoms with E-state index in [2.05, 4.69) is 20.6 Å². The maximum Gasteiger partial charge on any atom is 0.416 e. The summed E-state index contributed by atoms with van der Waals surface area (Å²) in [4.78, 5) is 18.6. The molecule has 0 saturated heterocycles. The van der Waals surface area contributed by atoms with E-state index in [1.54, 1.807) is 10.9 Å². The highest BCUT2D eigenvalue weighted by Crippen LogP contribution is 2.30. The number of para-hydroxylation sites is 2. The molecule has 11 heteroatoms. The van der Waals surface area contributed by atoms with Gasteiger partial charge in [-0.1, -0.05) is 54.6 Å². The number of alkyl halides is 3. The molecule has 39 heavy (non-hydrogen) atoms. The lowest BCUT2D eigenvalue weighted by molar-refractivity contribution is -0.137. The molecule has 196 valence electrons. The summed E-state index contributed by atoms with van der Waals surface area (Å²) in [6.07, 6.45) is -2.77. The molecule has 0 aliphatic carbocycles. The van der Waals surface area contributed by atoms with E-state index < -0.39 is 11.7 Å². The number of fused-ring (bicyclic) bond motifs is 2. The van der Waals surface area contributed by atoms with Crippen LogP contribution >= 0.6 is 0 Å². The molecule has 3 aromatic heterocycles. The van der Waals surface area contributed by atoms with Crippen molar-refractivity contribution in [2.45, 2.75) is 19.3 Å². The van der Waals surface area contributed by atoms with Crippen molar-refractivity contribution in [3.8, 4) is 0 Å². The molecule has 0 radical (unpaired) electrons. The average Bonchev–Trinajstić information content (AvgIpc) is 3.48. The third-order valence-corrected chi connectivity index (χ3v) is 6.41. The van der Waals surface area contributed by atoms with Crippen molar-refractivity contribution < 1.29 is 13.2 Å². The summed E-state index contributed by atoms with van der Waals surface area (Å²) >= 11 is 0. The maximum atomic E-state index is 13.0. The number of aryl methyl sites for hydroxylation is 1.